The fourth-order valence-electron chi connectivity index (χ4n) is 4.45. The second-order valence-corrected chi connectivity index (χ2v) is 9.08. The molecule has 0 aliphatic heterocycles. The van der Waals surface area contributed by atoms with E-state index in [1.807, 2.05) is 18.2 Å². The smallest absolute Gasteiger partial charge is 0.123 e. The minimum Gasteiger partial charge on any atom is -0.244 e. The Hall–Kier alpha value is -4.70. The van der Waals surface area contributed by atoms with Crippen LogP contribution < -0.4 is 0 Å². The summed E-state index contributed by atoms with van der Waals surface area (Å²) >= 11 is 0. The molecule has 1 heterocycles. The topological polar surface area (TPSA) is 25.8 Å². The molecule has 178 valence electrons. The van der Waals surface area contributed by atoms with E-state index in [-0.39, 0.29) is 11.6 Å². The third-order valence-electron chi connectivity index (χ3n) is 6.50. The van der Waals surface area contributed by atoms with Gasteiger partial charge in [-0.15, -0.1) is 0 Å². The molecule has 37 heavy (non-hydrogen) atoms. The Labute approximate surface area is 213 Å². The van der Waals surface area contributed by atoms with Gasteiger partial charge >= 0.3 is 0 Å². The van der Waals surface area contributed by atoms with Gasteiger partial charge in [0, 0.05) is 11.1 Å². The minimum absolute atomic E-state index is 0.320. The number of rotatable bonds is 4. The molecule has 0 N–H and O–H groups in total. The van der Waals surface area contributed by atoms with Crippen molar-refractivity contribution in [1.82, 2.24) is 9.97 Å². The first-order valence-electron chi connectivity index (χ1n) is 12.0. The minimum atomic E-state index is -0.322. The number of halogens is 2. The number of aromatic nitrogens is 2. The largest absolute Gasteiger partial charge is 0.244 e. The molecule has 1 aromatic heterocycles. The molecule has 0 bridgehead atoms. The fourth-order valence-corrected chi connectivity index (χ4v) is 4.45. The normalized spacial score (nSPS) is 11.1. The zero-order valence-electron chi connectivity index (χ0n) is 20.1. The lowest BCUT2D eigenvalue weighted by molar-refractivity contribution is 0.627. The van der Waals surface area contributed by atoms with Gasteiger partial charge in [-0.25, -0.2) is 18.7 Å². The molecule has 0 amide bonds. The van der Waals surface area contributed by atoms with Crippen molar-refractivity contribution in [3.05, 3.63) is 132 Å². The van der Waals surface area contributed by atoms with E-state index < -0.39 is 0 Å². The summed E-state index contributed by atoms with van der Waals surface area (Å²) in [4.78, 5) is 9.85. The molecule has 0 saturated carbocycles. The maximum Gasteiger partial charge on any atom is 0.123 e. The molecule has 2 nitrogen and oxygen atoms in total. The van der Waals surface area contributed by atoms with Gasteiger partial charge in [-0.2, -0.15) is 0 Å². The summed E-state index contributed by atoms with van der Waals surface area (Å²) in [5.74, 6) is -0.643. The molecule has 4 heteroatoms. The Kier molecular flexibility index (Phi) is 5.78. The summed E-state index contributed by atoms with van der Waals surface area (Å²) in [6.45, 7) is 2.08. The highest BCUT2D eigenvalue weighted by Gasteiger charge is 2.14. The number of aryl methyl sites for hydroxylation is 1. The van der Waals surface area contributed by atoms with Crippen molar-refractivity contribution in [2.45, 2.75) is 6.92 Å². The molecular weight excluding hydrogens is 462 g/mol. The molecule has 0 aliphatic rings. The van der Waals surface area contributed by atoms with Crippen molar-refractivity contribution in [2.75, 3.05) is 0 Å². The van der Waals surface area contributed by atoms with Crippen LogP contribution in [0.15, 0.2) is 115 Å². The predicted molar refractivity (Wildman–Crippen MR) is 146 cm³/mol. The van der Waals surface area contributed by atoms with E-state index in [1.54, 1.807) is 24.3 Å². The van der Waals surface area contributed by atoms with Gasteiger partial charge in [0.25, 0.3) is 0 Å². The van der Waals surface area contributed by atoms with Gasteiger partial charge in [0.05, 0.1) is 22.4 Å². The fraction of sp³-hybridized carbons (Fsp3) is 0.0303. The van der Waals surface area contributed by atoms with Crippen LogP contribution in [0.3, 0.4) is 0 Å². The van der Waals surface area contributed by atoms with Crippen molar-refractivity contribution in [2.24, 2.45) is 0 Å². The average molecular weight is 485 g/mol. The molecular formula is C33H22F2N2. The van der Waals surface area contributed by atoms with Gasteiger partial charge < -0.3 is 0 Å². The molecule has 0 unspecified atom stereocenters. The van der Waals surface area contributed by atoms with Gasteiger partial charge in [-0.05, 0) is 89.8 Å². The maximum atomic E-state index is 13.6. The SMILES string of the molecule is Cc1ccc(-c2ccc(-c3ccc4nc(-c5ccc(F)cc5)c(-c5ccc(F)cc5)nc4c3)cc2)cc1. The summed E-state index contributed by atoms with van der Waals surface area (Å²) in [5, 5.41) is 0. The van der Waals surface area contributed by atoms with Crippen LogP contribution in [0.5, 0.6) is 0 Å². The molecule has 0 atom stereocenters. The second-order valence-electron chi connectivity index (χ2n) is 9.08. The molecule has 0 saturated heterocycles. The third-order valence-corrected chi connectivity index (χ3v) is 6.50. The van der Waals surface area contributed by atoms with Crippen LogP contribution >= 0.6 is 0 Å². The molecule has 0 radical (unpaired) electrons. The zero-order chi connectivity index (χ0) is 25.4. The molecule has 0 spiro atoms. The first-order valence-corrected chi connectivity index (χ1v) is 12.0. The van der Waals surface area contributed by atoms with E-state index in [4.69, 9.17) is 9.97 Å². The molecule has 6 aromatic rings. The Balaban J connectivity index is 1.44. The van der Waals surface area contributed by atoms with Crippen molar-refractivity contribution in [3.63, 3.8) is 0 Å². The van der Waals surface area contributed by atoms with Gasteiger partial charge in [0.2, 0.25) is 0 Å². The molecule has 5 aromatic carbocycles. The van der Waals surface area contributed by atoms with Gasteiger partial charge in [0.15, 0.2) is 0 Å². The molecule has 0 aliphatic carbocycles. The van der Waals surface area contributed by atoms with Crippen LogP contribution in [0.1, 0.15) is 5.56 Å². The van der Waals surface area contributed by atoms with Crippen LogP contribution in [-0.2, 0) is 0 Å². The van der Waals surface area contributed by atoms with Crippen molar-refractivity contribution >= 4 is 11.0 Å². The monoisotopic (exact) mass is 484 g/mol. The summed E-state index contributed by atoms with van der Waals surface area (Å²) in [7, 11) is 0. The lowest BCUT2D eigenvalue weighted by atomic mass is 9.99. The van der Waals surface area contributed by atoms with Gasteiger partial charge in [-0.3, -0.25) is 0 Å². The van der Waals surface area contributed by atoms with Gasteiger partial charge in [-0.1, -0.05) is 60.2 Å². The van der Waals surface area contributed by atoms with Crippen LogP contribution in [0.2, 0.25) is 0 Å². The van der Waals surface area contributed by atoms with E-state index in [2.05, 4.69) is 55.5 Å². The van der Waals surface area contributed by atoms with E-state index in [9.17, 15) is 8.78 Å². The van der Waals surface area contributed by atoms with Gasteiger partial charge in [0.1, 0.15) is 11.6 Å². The van der Waals surface area contributed by atoms with Crippen LogP contribution in [0.4, 0.5) is 8.78 Å². The highest BCUT2D eigenvalue weighted by Crippen LogP contribution is 2.33. The first kappa shape index (κ1) is 22.7. The van der Waals surface area contributed by atoms with Crippen molar-refractivity contribution in [1.29, 1.82) is 0 Å². The number of fused-ring (bicyclic) bond motifs is 1. The predicted octanol–water partition coefficient (Wildman–Crippen LogP) is 8.88. The summed E-state index contributed by atoms with van der Waals surface area (Å²) in [6, 6.07) is 35.3. The van der Waals surface area contributed by atoms with Crippen molar-refractivity contribution < 1.29 is 8.78 Å². The summed E-state index contributed by atoms with van der Waals surface area (Å²) in [6.07, 6.45) is 0. The third kappa shape index (κ3) is 4.62. The molecule has 6 rings (SSSR count). The number of hydrogen-bond acceptors (Lipinski definition) is 2. The summed E-state index contributed by atoms with van der Waals surface area (Å²) in [5.41, 5.74) is 9.85. The Bertz CT molecular complexity index is 1710. The second kappa shape index (κ2) is 9.40. The zero-order valence-corrected chi connectivity index (χ0v) is 20.1. The van der Waals surface area contributed by atoms with Crippen molar-refractivity contribution in [3.8, 4) is 44.8 Å². The van der Waals surface area contributed by atoms with E-state index >= 15 is 0 Å². The van der Waals surface area contributed by atoms with E-state index in [1.165, 1.54) is 35.4 Å². The van der Waals surface area contributed by atoms with E-state index in [0.29, 0.717) is 11.4 Å². The lowest BCUT2D eigenvalue weighted by Gasteiger charge is -2.12. The Morgan fingerprint density at radius 3 is 1.30 bits per heavy atom. The average Bonchev–Trinajstić information content (AvgIpc) is 2.93. The summed E-state index contributed by atoms with van der Waals surface area (Å²) < 4.78 is 27.2. The number of nitrogens with zero attached hydrogens (tertiary/aromatic N) is 2. The maximum absolute atomic E-state index is 13.6. The number of benzene rings is 5. The van der Waals surface area contributed by atoms with Crippen LogP contribution in [-0.4, -0.2) is 9.97 Å². The number of hydrogen-bond donors (Lipinski definition) is 0. The standard InChI is InChI=1S/C33H22F2N2/c1-21-2-4-22(5-3-21)23-6-8-24(9-7-23)27-14-19-30-31(20-27)37-33(26-12-17-29(35)18-13-26)32(36-30)25-10-15-28(34)16-11-25/h2-20H,1H3. The van der Waals surface area contributed by atoms with E-state index in [0.717, 1.165) is 38.9 Å². The van der Waals surface area contributed by atoms with Crippen LogP contribution in [0.25, 0.3) is 55.8 Å². The highest BCUT2D eigenvalue weighted by atomic mass is 19.1. The Morgan fingerprint density at radius 2 is 0.784 bits per heavy atom. The Morgan fingerprint density at radius 1 is 0.405 bits per heavy atom. The van der Waals surface area contributed by atoms with Crippen LogP contribution in [0, 0.1) is 18.6 Å². The molecule has 0 fully saturated rings. The first-order chi connectivity index (χ1) is 18.0. The highest BCUT2D eigenvalue weighted by molar-refractivity contribution is 5.89. The lowest BCUT2D eigenvalue weighted by Crippen LogP contribution is -1.96. The quantitative estimate of drug-likeness (QED) is 0.250.